The molecule has 1 fully saturated rings. The lowest BCUT2D eigenvalue weighted by Crippen LogP contribution is -2.44. The number of aromatic carboxylic acids is 1. The first-order valence-electron chi connectivity index (χ1n) is 8.17. The van der Waals surface area contributed by atoms with Gasteiger partial charge in [-0.1, -0.05) is 0 Å². The zero-order valence-electron chi connectivity index (χ0n) is 13.3. The summed E-state index contributed by atoms with van der Waals surface area (Å²) in [6.07, 6.45) is 3.06. The van der Waals surface area contributed by atoms with Gasteiger partial charge in [-0.05, 0) is 30.2 Å². The molecule has 1 aromatic carbocycles. The van der Waals surface area contributed by atoms with E-state index in [-0.39, 0.29) is 0 Å². The molecule has 1 saturated heterocycles. The van der Waals surface area contributed by atoms with Crippen LogP contribution in [0.2, 0.25) is 0 Å². The zero-order valence-corrected chi connectivity index (χ0v) is 13.3. The molecule has 23 heavy (non-hydrogen) atoms. The van der Waals surface area contributed by atoms with Gasteiger partial charge in [0.05, 0.1) is 5.56 Å². The van der Waals surface area contributed by atoms with Crippen LogP contribution in [-0.2, 0) is 13.0 Å². The first-order chi connectivity index (χ1) is 11.2. The molecule has 0 amide bonds. The van der Waals surface area contributed by atoms with Gasteiger partial charge in [-0.15, -0.1) is 0 Å². The van der Waals surface area contributed by atoms with Crippen LogP contribution in [0.15, 0.2) is 24.4 Å². The highest BCUT2D eigenvalue weighted by atomic mass is 16.4. The fourth-order valence-electron chi connectivity index (χ4n) is 3.24. The number of hydrogen-bond donors (Lipinski definition) is 3. The van der Waals surface area contributed by atoms with E-state index in [0.717, 1.165) is 56.6 Å². The monoisotopic (exact) mass is 316 g/mol. The van der Waals surface area contributed by atoms with Gasteiger partial charge in [0.2, 0.25) is 0 Å². The Labute approximate surface area is 135 Å². The van der Waals surface area contributed by atoms with Crippen molar-refractivity contribution in [3.05, 3.63) is 35.5 Å². The van der Waals surface area contributed by atoms with Crippen LogP contribution in [0.1, 0.15) is 15.9 Å². The minimum absolute atomic E-state index is 0.339. The van der Waals surface area contributed by atoms with Crippen LogP contribution >= 0.6 is 0 Å². The first-order valence-corrected chi connectivity index (χ1v) is 8.17. The Balaban J connectivity index is 1.87. The summed E-state index contributed by atoms with van der Waals surface area (Å²) in [7, 11) is 0. The van der Waals surface area contributed by atoms with Gasteiger partial charge in [0.1, 0.15) is 0 Å². The Morgan fingerprint density at radius 3 is 2.74 bits per heavy atom. The number of nitrogens with zero attached hydrogens (tertiary/aromatic N) is 2. The van der Waals surface area contributed by atoms with Gasteiger partial charge in [-0.25, -0.2) is 4.79 Å². The highest BCUT2D eigenvalue weighted by Gasteiger charge is 2.14. The molecule has 0 spiro atoms. The SMILES string of the molecule is NCCn1cc(CCN2CCNCC2)c2cc(C(=O)O)ccc21. The van der Waals surface area contributed by atoms with E-state index >= 15 is 0 Å². The lowest BCUT2D eigenvalue weighted by molar-refractivity contribution is 0.0697. The van der Waals surface area contributed by atoms with Gasteiger partial charge in [0.25, 0.3) is 0 Å². The minimum Gasteiger partial charge on any atom is -0.478 e. The standard InChI is InChI=1S/C17H24N4O2/c18-4-8-21-12-14(3-7-20-9-5-19-6-10-20)15-11-13(17(22)23)1-2-16(15)21/h1-2,11-12,19H,3-10,18H2,(H,22,23). The maximum atomic E-state index is 11.3. The molecule has 2 heterocycles. The van der Waals surface area contributed by atoms with Crippen molar-refractivity contribution in [3.63, 3.8) is 0 Å². The van der Waals surface area contributed by atoms with Gasteiger partial charge in [-0.3, -0.25) is 0 Å². The molecule has 1 aliphatic rings. The van der Waals surface area contributed by atoms with Crippen LogP contribution in [-0.4, -0.2) is 59.8 Å². The second-order valence-electron chi connectivity index (χ2n) is 6.02. The van der Waals surface area contributed by atoms with Gasteiger partial charge in [0.15, 0.2) is 0 Å². The molecule has 0 bridgehead atoms. The third-order valence-corrected chi connectivity index (χ3v) is 4.49. The van der Waals surface area contributed by atoms with Crippen LogP contribution < -0.4 is 11.1 Å². The average molecular weight is 316 g/mol. The fourth-order valence-corrected chi connectivity index (χ4v) is 3.24. The van der Waals surface area contributed by atoms with Crippen molar-refractivity contribution < 1.29 is 9.90 Å². The summed E-state index contributed by atoms with van der Waals surface area (Å²) in [4.78, 5) is 13.7. The molecular weight excluding hydrogens is 292 g/mol. The second kappa shape index (κ2) is 7.12. The molecule has 0 aliphatic carbocycles. The molecule has 0 saturated carbocycles. The number of carboxylic acid groups (broad SMARTS) is 1. The summed E-state index contributed by atoms with van der Waals surface area (Å²) >= 11 is 0. The Morgan fingerprint density at radius 2 is 2.04 bits per heavy atom. The van der Waals surface area contributed by atoms with E-state index in [9.17, 15) is 9.90 Å². The smallest absolute Gasteiger partial charge is 0.335 e. The van der Waals surface area contributed by atoms with E-state index < -0.39 is 5.97 Å². The summed E-state index contributed by atoms with van der Waals surface area (Å²) < 4.78 is 2.13. The molecule has 4 N–H and O–H groups in total. The molecule has 124 valence electrons. The third kappa shape index (κ3) is 3.55. The van der Waals surface area contributed by atoms with Crippen LogP contribution in [0, 0.1) is 0 Å². The van der Waals surface area contributed by atoms with Crippen molar-refractivity contribution in [3.8, 4) is 0 Å². The Kier molecular flexibility index (Phi) is 4.95. The van der Waals surface area contributed by atoms with Gasteiger partial charge < -0.3 is 25.6 Å². The molecule has 3 rings (SSSR count). The third-order valence-electron chi connectivity index (χ3n) is 4.49. The fraction of sp³-hybridized carbons (Fsp3) is 0.471. The highest BCUT2D eigenvalue weighted by molar-refractivity contribution is 5.95. The van der Waals surface area contributed by atoms with Crippen molar-refractivity contribution >= 4 is 16.9 Å². The Morgan fingerprint density at radius 1 is 1.26 bits per heavy atom. The van der Waals surface area contributed by atoms with Crippen LogP contribution in [0.5, 0.6) is 0 Å². The Hall–Kier alpha value is -1.89. The van der Waals surface area contributed by atoms with Crippen LogP contribution in [0.25, 0.3) is 10.9 Å². The van der Waals surface area contributed by atoms with E-state index in [1.807, 2.05) is 6.07 Å². The van der Waals surface area contributed by atoms with E-state index in [1.165, 1.54) is 5.56 Å². The number of aromatic nitrogens is 1. The molecular formula is C17H24N4O2. The predicted molar refractivity (Wildman–Crippen MR) is 91.0 cm³/mol. The number of hydrogen-bond acceptors (Lipinski definition) is 4. The number of rotatable bonds is 6. The number of carboxylic acids is 1. The van der Waals surface area contributed by atoms with E-state index in [2.05, 4.69) is 21.0 Å². The molecule has 6 heteroatoms. The number of carbonyl (C=O) groups is 1. The average Bonchev–Trinajstić information content (AvgIpc) is 2.91. The predicted octanol–water partition coefficient (Wildman–Crippen LogP) is 0.746. The number of piperazine rings is 1. The topological polar surface area (TPSA) is 83.5 Å². The van der Waals surface area contributed by atoms with Crippen LogP contribution in [0.4, 0.5) is 0 Å². The number of nitrogens with two attached hydrogens (primary N) is 1. The molecule has 0 radical (unpaired) electrons. The van der Waals surface area contributed by atoms with Crippen LogP contribution in [0.3, 0.4) is 0 Å². The maximum absolute atomic E-state index is 11.3. The first kappa shape index (κ1) is 16.0. The summed E-state index contributed by atoms with van der Waals surface area (Å²) in [5, 5.41) is 13.6. The van der Waals surface area contributed by atoms with E-state index in [4.69, 9.17) is 5.73 Å². The molecule has 6 nitrogen and oxygen atoms in total. The molecule has 1 aromatic heterocycles. The van der Waals surface area contributed by atoms with Crippen molar-refractivity contribution in [1.29, 1.82) is 0 Å². The molecule has 0 atom stereocenters. The summed E-state index contributed by atoms with van der Waals surface area (Å²) in [5.74, 6) is -0.883. The van der Waals surface area contributed by atoms with Crippen molar-refractivity contribution in [2.24, 2.45) is 5.73 Å². The second-order valence-corrected chi connectivity index (χ2v) is 6.02. The summed E-state index contributed by atoms with van der Waals surface area (Å²) in [5.41, 5.74) is 8.31. The molecule has 2 aromatic rings. The van der Waals surface area contributed by atoms with Crippen molar-refractivity contribution in [2.75, 3.05) is 39.3 Å². The lowest BCUT2D eigenvalue weighted by Gasteiger charge is -2.26. The summed E-state index contributed by atoms with van der Waals surface area (Å²) in [6.45, 7) is 6.54. The summed E-state index contributed by atoms with van der Waals surface area (Å²) in [6, 6.07) is 5.35. The number of fused-ring (bicyclic) bond motifs is 1. The molecule has 0 unspecified atom stereocenters. The normalized spacial score (nSPS) is 16.0. The van der Waals surface area contributed by atoms with Gasteiger partial charge in [0, 0.05) is 62.9 Å². The van der Waals surface area contributed by atoms with Crippen molar-refractivity contribution in [1.82, 2.24) is 14.8 Å². The van der Waals surface area contributed by atoms with E-state index in [0.29, 0.717) is 12.1 Å². The Bertz CT molecular complexity index is 689. The van der Waals surface area contributed by atoms with Crippen molar-refractivity contribution in [2.45, 2.75) is 13.0 Å². The zero-order chi connectivity index (χ0) is 16.2. The number of benzene rings is 1. The quantitative estimate of drug-likeness (QED) is 0.732. The minimum atomic E-state index is -0.883. The maximum Gasteiger partial charge on any atom is 0.335 e. The van der Waals surface area contributed by atoms with Gasteiger partial charge in [-0.2, -0.15) is 0 Å². The number of nitrogens with one attached hydrogen (secondary N) is 1. The largest absolute Gasteiger partial charge is 0.478 e. The van der Waals surface area contributed by atoms with E-state index in [1.54, 1.807) is 12.1 Å². The highest BCUT2D eigenvalue weighted by Crippen LogP contribution is 2.24. The lowest BCUT2D eigenvalue weighted by atomic mass is 10.1. The molecule has 1 aliphatic heterocycles. The van der Waals surface area contributed by atoms with Gasteiger partial charge >= 0.3 is 5.97 Å².